The van der Waals surface area contributed by atoms with E-state index in [0.29, 0.717) is 6.54 Å². The molecule has 0 heterocycles. The van der Waals surface area contributed by atoms with E-state index in [-0.39, 0.29) is 23.8 Å². The van der Waals surface area contributed by atoms with Gasteiger partial charge in [0.05, 0.1) is 11.3 Å². The first-order chi connectivity index (χ1) is 9.45. The molecule has 0 aromatic carbocycles. The fraction of sp³-hybridized carbons (Fsp3) is 0.867. The van der Waals surface area contributed by atoms with Crippen molar-refractivity contribution in [3.8, 4) is 0 Å². The topological polar surface area (TPSA) is 92.4 Å². The summed E-state index contributed by atoms with van der Waals surface area (Å²) in [6, 6.07) is -0.0795. The number of nitrogens with two attached hydrogens (primary N) is 1. The smallest absolute Gasteiger partial charge is 0.306 e. The van der Waals surface area contributed by atoms with Crippen LogP contribution in [-0.2, 0) is 9.59 Å². The Balaban J connectivity index is 1.90. The maximum absolute atomic E-state index is 12.4. The van der Waals surface area contributed by atoms with Gasteiger partial charge in [-0.25, -0.2) is 0 Å². The average Bonchev–Trinajstić information content (AvgIpc) is 2.77. The van der Waals surface area contributed by atoms with Gasteiger partial charge in [0, 0.05) is 12.6 Å². The highest BCUT2D eigenvalue weighted by atomic mass is 16.4. The molecule has 0 aliphatic heterocycles. The minimum atomic E-state index is -0.729. The fourth-order valence-corrected chi connectivity index (χ4v) is 3.68. The molecule has 0 saturated heterocycles. The molecule has 2 aliphatic rings. The van der Waals surface area contributed by atoms with Crippen molar-refractivity contribution >= 4 is 11.9 Å². The van der Waals surface area contributed by atoms with Crippen LogP contribution in [-0.4, -0.2) is 29.6 Å². The summed E-state index contributed by atoms with van der Waals surface area (Å²) in [6.07, 6.45) is 6.36. The second-order valence-corrected chi connectivity index (χ2v) is 6.62. The van der Waals surface area contributed by atoms with E-state index in [1.54, 1.807) is 0 Å². The molecule has 0 bridgehead atoms. The van der Waals surface area contributed by atoms with Gasteiger partial charge in [0.1, 0.15) is 0 Å². The van der Waals surface area contributed by atoms with E-state index in [9.17, 15) is 14.7 Å². The van der Waals surface area contributed by atoms with Crippen LogP contribution >= 0.6 is 0 Å². The van der Waals surface area contributed by atoms with Gasteiger partial charge in [0.15, 0.2) is 0 Å². The lowest BCUT2D eigenvalue weighted by molar-refractivity contribution is -0.145. The quantitative estimate of drug-likeness (QED) is 0.728. The van der Waals surface area contributed by atoms with Crippen LogP contribution < -0.4 is 11.1 Å². The molecule has 2 saturated carbocycles. The van der Waals surface area contributed by atoms with Crippen LogP contribution in [0.5, 0.6) is 0 Å². The highest BCUT2D eigenvalue weighted by Crippen LogP contribution is 2.37. The zero-order chi connectivity index (χ0) is 14.8. The summed E-state index contributed by atoms with van der Waals surface area (Å²) in [6.45, 7) is 2.40. The van der Waals surface area contributed by atoms with Crippen molar-refractivity contribution < 1.29 is 14.7 Å². The summed E-state index contributed by atoms with van der Waals surface area (Å²) >= 11 is 0. The van der Waals surface area contributed by atoms with Crippen molar-refractivity contribution in [3.05, 3.63) is 0 Å². The average molecular weight is 282 g/mol. The van der Waals surface area contributed by atoms with Crippen molar-refractivity contribution in [2.24, 2.45) is 23.0 Å². The maximum Gasteiger partial charge on any atom is 0.306 e. The van der Waals surface area contributed by atoms with Gasteiger partial charge in [0.2, 0.25) is 5.91 Å². The van der Waals surface area contributed by atoms with Crippen molar-refractivity contribution in [1.29, 1.82) is 0 Å². The first-order valence-corrected chi connectivity index (χ1v) is 7.72. The van der Waals surface area contributed by atoms with E-state index in [1.165, 1.54) is 0 Å². The number of rotatable bonds is 4. The number of carbonyl (C=O) groups is 2. The largest absolute Gasteiger partial charge is 0.481 e. The van der Waals surface area contributed by atoms with Crippen LogP contribution in [0.1, 0.15) is 51.9 Å². The summed E-state index contributed by atoms with van der Waals surface area (Å²) in [5.74, 6) is -0.981. The minimum Gasteiger partial charge on any atom is -0.481 e. The van der Waals surface area contributed by atoms with E-state index >= 15 is 0 Å². The molecule has 1 amide bonds. The Morgan fingerprint density at radius 2 is 1.95 bits per heavy atom. The van der Waals surface area contributed by atoms with Crippen molar-refractivity contribution in [1.82, 2.24) is 5.32 Å². The molecule has 0 spiro atoms. The van der Waals surface area contributed by atoms with E-state index in [4.69, 9.17) is 5.73 Å². The molecule has 4 atom stereocenters. The molecular formula is C15H26N2O3. The molecule has 5 heteroatoms. The second-order valence-electron chi connectivity index (χ2n) is 6.62. The molecule has 4 unspecified atom stereocenters. The Morgan fingerprint density at radius 3 is 2.55 bits per heavy atom. The predicted molar refractivity (Wildman–Crippen MR) is 76.0 cm³/mol. The van der Waals surface area contributed by atoms with E-state index < -0.39 is 11.4 Å². The number of hydrogen-bond donors (Lipinski definition) is 3. The SMILES string of the molecule is CC1(C(=O)NCC2CCCCC2C(=O)O)CCCC1N. The lowest BCUT2D eigenvalue weighted by atomic mass is 9.78. The van der Waals surface area contributed by atoms with E-state index in [0.717, 1.165) is 44.9 Å². The molecule has 114 valence electrons. The lowest BCUT2D eigenvalue weighted by Gasteiger charge is -2.32. The number of aliphatic carboxylic acids is 1. The minimum absolute atomic E-state index is 0.00258. The van der Waals surface area contributed by atoms with Crippen LogP contribution in [0, 0.1) is 17.3 Å². The number of carboxylic acids is 1. The molecule has 0 aromatic heterocycles. The Kier molecular flexibility index (Phi) is 4.68. The molecule has 0 aromatic rings. The van der Waals surface area contributed by atoms with Gasteiger partial charge in [-0.15, -0.1) is 0 Å². The Labute approximate surface area is 120 Å². The molecule has 2 rings (SSSR count). The molecular weight excluding hydrogens is 256 g/mol. The summed E-state index contributed by atoms with van der Waals surface area (Å²) < 4.78 is 0. The predicted octanol–water partition coefficient (Wildman–Crippen LogP) is 1.51. The van der Waals surface area contributed by atoms with Crippen LogP contribution in [0.15, 0.2) is 0 Å². The van der Waals surface area contributed by atoms with Crippen molar-refractivity contribution in [2.75, 3.05) is 6.54 Å². The lowest BCUT2D eigenvalue weighted by Crippen LogP contribution is -2.49. The van der Waals surface area contributed by atoms with Gasteiger partial charge >= 0.3 is 5.97 Å². The van der Waals surface area contributed by atoms with Gasteiger partial charge in [-0.05, 0) is 38.5 Å². The Morgan fingerprint density at radius 1 is 1.25 bits per heavy atom. The second kappa shape index (κ2) is 6.12. The molecule has 4 N–H and O–H groups in total. The summed E-state index contributed by atoms with van der Waals surface area (Å²) in [5.41, 5.74) is 5.56. The van der Waals surface area contributed by atoms with Gasteiger partial charge < -0.3 is 16.2 Å². The summed E-state index contributed by atoms with van der Waals surface area (Å²) in [4.78, 5) is 23.6. The van der Waals surface area contributed by atoms with Gasteiger partial charge in [-0.3, -0.25) is 9.59 Å². The first kappa shape index (κ1) is 15.3. The molecule has 2 fully saturated rings. The van der Waals surface area contributed by atoms with Crippen molar-refractivity contribution in [3.63, 3.8) is 0 Å². The standard InChI is InChI=1S/C15H26N2O3/c1-15(8-4-7-12(15)16)14(20)17-9-10-5-2-3-6-11(10)13(18)19/h10-12H,2-9,16H2,1H3,(H,17,20)(H,18,19). The van der Waals surface area contributed by atoms with Crippen LogP contribution in [0.4, 0.5) is 0 Å². The van der Waals surface area contributed by atoms with E-state index in [1.807, 2.05) is 6.92 Å². The molecule has 2 aliphatic carbocycles. The third-order valence-corrected chi connectivity index (χ3v) is 5.30. The van der Waals surface area contributed by atoms with Gasteiger partial charge in [-0.1, -0.05) is 19.3 Å². The third-order valence-electron chi connectivity index (χ3n) is 5.30. The molecule has 0 radical (unpaired) electrons. The Hall–Kier alpha value is -1.10. The fourth-order valence-electron chi connectivity index (χ4n) is 3.68. The van der Waals surface area contributed by atoms with Crippen LogP contribution in [0.3, 0.4) is 0 Å². The third kappa shape index (κ3) is 2.97. The first-order valence-electron chi connectivity index (χ1n) is 7.72. The van der Waals surface area contributed by atoms with E-state index in [2.05, 4.69) is 5.32 Å². The summed E-state index contributed by atoms with van der Waals surface area (Å²) in [5, 5.41) is 12.2. The number of amides is 1. The number of carbonyl (C=O) groups excluding carboxylic acids is 1. The zero-order valence-corrected chi connectivity index (χ0v) is 12.2. The number of carboxylic acid groups (broad SMARTS) is 1. The zero-order valence-electron chi connectivity index (χ0n) is 12.2. The highest BCUT2D eigenvalue weighted by molar-refractivity contribution is 5.83. The van der Waals surface area contributed by atoms with Crippen molar-refractivity contribution in [2.45, 2.75) is 57.9 Å². The van der Waals surface area contributed by atoms with Crippen LogP contribution in [0.25, 0.3) is 0 Å². The number of hydrogen-bond acceptors (Lipinski definition) is 3. The normalized spacial score (nSPS) is 37.6. The maximum atomic E-state index is 12.4. The van der Waals surface area contributed by atoms with Gasteiger partial charge in [0.25, 0.3) is 0 Å². The highest BCUT2D eigenvalue weighted by Gasteiger charge is 2.43. The number of nitrogens with one attached hydrogen (secondary N) is 1. The summed E-state index contributed by atoms with van der Waals surface area (Å²) in [7, 11) is 0. The monoisotopic (exact) mass is 282 g/mol. The molecule has 5 nitrogen and oxygen atoms in total. The Bertz CT molecular complexity index is 385. The van der Waals surface area contributed by atoms with Crippen LogP contribution in [0.2, 0.25) is 0 Å². The van der Waals surface area contributed by atoms with Gasteiger partial charge in [-0.2, -0.15) is 0 Å². The molecule has 20 heavy (non-hydrogen) atoms.